The van der Waals surface area contributed by atoms with Gasteiger partial charge < -0.3 is 10.2 Å². The van der Waals surface area contributed by atoms with E-state index < -0.39 is 11.9 Å². The van der Waals surface area contributed by atoms with Crippen LogP contribution in [-0.4, -0.2) is 22.2 Å². The smallest absolute Gasteiger partial charge is 0.332 e. The Morgan fingerprint density at radius 3 is 0.900 bits per heavy atom. The zero-order chi connectivity index (χ0) is 22.5. The molecule has 0 aliphatic carbocycles. The molecule has 0 rings (SSSR count). The molecule has 0 heterocycles. The maximum absolute atomic E-state index is 11.7. The summed E-state index contributed by atoms with van der Waals surface area (Å²) in [4.78, 5) is 23.3. The van der Waals surface area contributed by atoms with Crippen molar-refractivity contribution >= 4 is 11.9 Å². The molecular formula is C26H48O4. The number of rotatable bonds is 22. The van der Waals surface area contributed by atoms with Crippen molar-refractivity contribution in [2.75, 3.05) is 0 Å². The maximum atomic E-state index is 11.7. The molecule has 0 aliphatic rings. The Labute approximate surface area is 185 Å². The molecule has 0 aromatic carbocycles. The molecule has 0 amide bonds. The Hall–Kier alpha value is -1.32. The molecule has 0 aromatic rings. The van der Waals surface area contributed by atoms with Crippen molar-refractivity contribution in [2.45, 2.75) is 142 Å². The summed E-state index contributed by atoms with van der Waals surface area (Å²) in [6.07, 6.45) is 21.7. The third kappa shape index (κ3) is 16.5. The first-order valence-electron chi connectivity index (χ1n) is 12.7. The largest absolute Gasteiger partial charge is 0.478 e. The highest BCUT2D eigenvalue weighted by molar-refractivity contribution is 5.98. The zero-order valence-corrected chi connectivity index (χ0v) is 19.9. The van der Waals surface area contributed by atoms with Crippen molar-refractivity contribution in [3.05, 3.63) is 11.1 Å². The van der Waals surface area contributed by atoms with E-state index >= 15 is 0 Å². The average molecular weight is 425 g/mol. The van der Waals surface area contributed by atoms with Gasteiger partial charge in [-0.3, -0.25) is 0 Å². The molecule has 2 N–H and O–H groups in total. The fourth-order valence-electron chi connectivity index (χ4n) is 4.00. The molecule has 0 bridgehead atoms. The number of unbranched alkanes of at least 4 members (excludes halogenated alkanes) is 16. The molecular weight excluding hydrogens is 376 g/mol. The first-order chi connectivity index (χ1) is 14.5. The van der Waals surface area contributed by atoms with Crippen LogP contribution in [-0.2, 0) is 9.59 Å². The van der Waals surface area contributed by atoms with E-state index in [4.69, 9.17) is 0 Å². The van der Waals surface area contributed by atoms with E-state index in [0.29, 0.717) is 12.8 Å². The molecule has 0 aromatic heterocycles. The molecule has 0 spiro atoms. The number of carboxylic acids is 2. The van der Waals surface area contributed by atoms with E-state index in [9.17, 15) is 19.8 Å². The summed E-state index contributed by atoms with van der Waals surface area (Å²) in [6.45, 7) is 4.43. The number of aliphatic carboxylic acids is 2. The topological polar surface area (TPSA) is 74.6 Å². The van der Waals surface area contributed by atoms with Gasteiger partial charge in [-0.25, -0.2) is 9.59 Å². The van der Waals surface area contributed by atoms with Gasteiger partial charge in [-0.15, -0.1) is 0 Å². The van der Waals surface area contributed by atoms with Gasteiger partial charge in [0.2, 0.25) is 0 Å². The van der Waals surface area contributed by atoms with Crippen molar-refractivity contribution in [3.63, 3.8) is 0 Å². The highest BCUT2D eigenvalue weighted by Gasteiger charge is 2.19. The van der Waals surface area contributed by atoms with Crippen molar-refractivity contribution in [1.82, 2.24) is 0 Å². The van der Waals surface area contributed by atoms with Gasteiger partial charge in [-0.1, -0.05) is 117 Å². The lowest BCUT2D eigenvalue weighted by molar-refractivity contribution is -0.136. The van der Waals surface area contributed by atoms with Crippen LogP contribution in [0.5, 0.6) is 0 Å². The second-order valence-corrected chi connectivity index (χ2v) is 8.72. The molecule has 4 heteroatoms. The van der Waals surface area contributed by atoms with Crippen LogP contribution < -0.4 is 0 Å². The lowest BCUT2D eigenvalue weighted by Crippen LogP contribution is -2.12. The summed E-state index contributed by atoms with van der Waals surface area (Å²) in [7, 11) is 0. The molecule has 0 atom stereocenters. The van der Waals surface area contributed by atoms with Crippen molar-refractivity contribution in [3.8, 4) is 0 Å². The van der Waals surface area contributed by atoms with Gasteiger partial charge in [-0.05, 0) is 25.7 Å². The summed E-state index contributed by atoms with van der Waals surface area (Å²) in [5, 5.41) is 19.1. The standard InChI is InChI=1S/C26H48O4/c1-3-5-7-9-11-13-15-17-19-21-23(25(27)28)24(26(29)30)22-20-18-16-14-12-10-8-6-4-2/h3-22H2,1-2H3,(H,27,28)(H,29,30)/b24-23-. The van der Waals surface area contributed by atoms with E-state index in [2.05, 4.69) is 13.8 Å². The monoisotopic (exact) mass is 424 g/mol. The van der Waals surface area contributed by atoms with Crippen LogP contribution in [0.15, 0.2) is 11.1 Å². The molecule has 30 heavy (non-hydrogen) atoms. The van der Waals surface area contributed by atoms with Crippen LogP contribution in [0.4, 0.5) is 0 Å². The fourth-order valence-corrected chi connectivity index (χ4v) is 4.00. The van der Waals surface area contributed by atoms with E-state index in [1.165, 1.54) is 77.0 Å². The first-order valence-corrected chi connectivity index (χ1v) is 12.7. The van der Waals surface area contributed by atoms with Crippen molar-refractivity contribution in [2.24, 2.45) is 0 Å². The van der Waals surface area contributed by atoms with Crippen LogP contribution in [0, 0.1) is 0 Å². The fraction of sp³-hybridized carbons (Fsp3) is 0.846. The Bertz CT molecular complexity index is 426. The molecule has 0 radical (unpaired) electrons. The molecule has 0 unspecified atom stereocenters. The van der Waals surface area contributed by atoms with Crippen LogP contribution in [0.25, 0.3) is 0 Å². The third-order valence-electron chi connectivity index (χ3n) is 5.94. The Morgan fingerprint density at radius 2 is 0.667 bits per heavy atom. The minimum atomic E-state index is -1.05. The first kappa shape index (κ1) is 28.7. The highest BCUT2D eigenvalue weighted by atomic mass is 16.4. The number of carbonyl (C=O) groups is 2. The maximum Gasteiger partial charge on any atom is 0.332 e. The van der Waals surface area contributed by atoms with Crippen molar-refractivity contribution < 1.29 is 19.8 Å². The van der Waals surface area contributed by atoms with Gasteiger partial charge in [0.15, 0.2) is 0 Å². The lowest BCUT2D eigenvalue weighted by Gasteiger charge is -2.10. The number of hydrogen-bond donors (Lipinski definition) is 2. The predicted octanol–water partition coefficient (Wildman–Crippen LogP) is 8.29. The summed E-state index contributed by atoms with van der Waals surface area (Å²) >= 11 is 0. The molecule has 176 valence electrons. The Morgan fingerprint density at radius 1 is 0.433 bits per heavy atom. The number of carboxylic acid groups (broad SMARTS) is 2. The molecule has 4 nitrogen and oxygen atoms in total. The lowest BCUT2D eigenvalue weighted by atomic mass is 9.96. The van der Waals surface area contributed by atoms with Gasteiger partial charge in [0, 0.05) is 11.1 Å². The van der Waals surface area contributed by atoms with Gasteiger partial charge in [0.05, 0.1) is 0 Å². The van der Waals surface area contributed by atoms with E-state index in [1.807, 2.05) is 0 Å². The molecule has 0 saturated carbocycles. The summed E-state index contributed by atoms with van der Waals surface area (Å²) in [6, 6.07) is 0. The second kappa shape index (κ2) is 20.9. The number of hydrogen-bond acceptors (Lipinski definition) is 2. The van der Waals surface area contributed by atoms with Gasteiger partial charge in [0.1, 0.15) is 0 Å². The normalized spacial score (nSPS) is 12.1. The highest BCUT2D eigenvalue weighted by Crippen LogP contribution is 2.21. The second-order valence-electron chi connectivity index (χ2n) is 8.72. The minimum absolute atomic E-state index is 0.130. The van der Waals surface area contributed by atoms with E-state index in [0.717, 1.165) is 38.5 Å². The van der Waals surface area contributed by atoms with E-state index in [1.54, 1.807) is 0 Å². The van der Waals surface area contributed by atoms with Gasteiger partial charge in [0.25, 0.3) is 0 Å². The predicted molar refractivity (Wildman–Crippen MR) is 126 cm³/mol. The van der Waals surface area contributed by atoms with E-state index in [-0.39, 0.29) is 11.1 Å². The Kier molecular flexibility index (Phi) is 20.0. The van der Waals surface area contributed by atoms with Crippen LogP contribution in [0.3, 0.4) is 0 Å². The third-order valence-corrected chi connectivity index (χ3v) is 5.94. The van der Waals surface area contributed by atoms with Crippen molar-refractivity contribution in [1.29, 1.82) is 0 Å². The quantitative estimate of drug-likeness (QED) is 0.135. The van der Waals surface area contributed by atoms with Crippen LogP contribution in [0.2, 0.25) is 0 Å². The summed E-state index contributed by atoms with van der Waals surface area (Å²) in [5.41, 5.74) is 0.259. The Balaban J connectivity index is 4.18. The molecule has 0 aliphatic heterocycles. The van der Waals surface area contributed by atoms with Gasteiger partial charge >= 0.3 is 11.9 Å². The van der Waals surface area contributed by atoms with Gasteiger partial charge in [-0.2, -0.15) is 0 Å². The van der Waals surface area contributed by atoms with Crippen LogP contribution in [0.1, 0.15) is 142 Å². The molecule has 0 fully saturated rings. The zero-order valence-electron chi connectivity index (χ0n) is 19.9. The summed E-state index contributed by atoms with van der Waals surface area (Å²) < 4.78 is 0. The SMILES string of the molecule is CCCCCCCCCCC/C(C(=O)O)=C(\CCCCCCCCCCC)C(=O)O. The molecule has 0 saturated heterocycles. The van der Waals surface area contributed by atoms with Crippen LogP contribution >= 0.6 is 0 Å². The summed E-state index contributed by atoms with van der Waals surface area (Å²) in [5.74, 6) is -2.11. The average Bonchev–Trinajstić information content (AvgIpc) is 2.71. The minimum Gasteiger partial charge on any atom is -0.478 e.